The lowest BCUT2D eigenvalue weighted by atomic mass is 9.78. The summed E-state index contributed by atoms with van der Waals surface area (Å²) in [5.41, 5.74) is 5.88. The summed E-state index contributed by atoms with van der Waals surface area (Å²) >= 11 is 0. The van der Waals surface area contributed by atoms with Gasteiger partial charge in [0.15, 0.2) is 0 Å². The van der Waals surface area contributed by atoms with E-state index in [1.807, 2.05) is 0 Å². The summed E-state index contributed by atoms with van der Waals surface area (Å²) in [5, 5.41) is 9.63. The third-order valence-electron chi connectivity index (χ3n) is 7.18. The van der Waals surface area contributed by atoms with E-state index >= 15 is 0 Å². The van der Waals surface area contributed by atoms with E-state index in [2.05, 4.69) is 74.2 Å². The number of hydrogen-bond acceptors (Lipinski definition) is 1. The average Bonchev–Trinajstić information content (AvgIpc) is 2.87. The van der Waals surface area contributed by atoms with Crippen molar-refractivity contribution in [1.82, 2.24) is 0 Å². The van der Waals surface area contributed by atoms with Gasteiger partial charge in [0.05, 0.1) is 5.56 Å². The molecule has 2 aromatic carbocycles. The summed E-state index contributed by atoms with van der Waals surface area (Å²) in [6.45, 7) is 4.50. The lowest BCUT2D eigenvalue weighted by Crippen LogP contribution is -2.12. The Morgan fingerprint density at radius 1 is 0.727 bits per heavy atom. The molecule has 1 aliphatic carbocycles. The van der Waals surface area contributed by atoms with Gasteiger partial charge in [-0.05, 0) is 86.1 Å². The van der Waals surface area contributed by atoms with E-state index in [4.69, 9.17) is 0 Å². The smallest absolute Gasteiger partial charge is 0.100 e. The second-order valence-electron chi connectivity index (χ2n) is 9.82. The fourth-order valence-electron chi connectivity index (χ4n) is 4.97. The summed E-state index contributed by atoms with van der Waals surface area (Å²) in [4.78, 5) is 0. The van der Waals surface area contributed by atoms with E-state index in [1.165, 1.54) is 80.9 Å². The maximum Gasteiger partial charge on any atom is 0.100 e. The Morgan fingerprint density at radius 3 is 2.09 bits per heavy atom. The van der Waals surface area contributed by atoms with E-state index in [9.17, 15) is 5.26 Å². The molecule has 33 heavy (non-hydrogen) atoms. The molecule has 1 saturated carbocycles. The first-order chi connectivity index (χ1) is 16.2. The van der Waals surface area contributed by atoms with E-state index < -0.39 is 0 Å². The van der Waals surface area contributed by atoms with Gasteiger partial charge in [-0.1, -0.05) is 88.1 Å². The Balaban J connectivity index is 1.51. The van der Waals surface area contributed by atoms with Crippen LogP contribution in [0.4, 0.5) is 0 Å². The van der Waals surface area contributed by atoms with Crippen LogP contribution in [0.5, 0.6) is 0 Å². The van der Waals surface area contributed by atoms with Gasteiger partial charge in [0.1, 0.15) is 6.07 Å². The lowest BCUT2D eigenvalue weighted by Gasteiger charge is -2.26. The van der Waals surface area contributed by atoms with Gasteiger partial charge < -0.3 is 0 Å². The van der Waals surface area contributed by atoms with Crippen LogP contribution >= 0.6 is 0 Å². The molecule has 2 aromatic rings. The van der Waals surface area contributed by atoms with Crippen LogP contribution in [0.1, 0.15) is 118 Å². The molecule has 174 valence electrons. The van der Waals surface area contributed by atoms with Gasteiger partial charge in [-0.3, -0.25) is 0 Å². The van der Waals surface area contributed by atoms with Gasteiger partial charge in [-0.15, -0.1) is 0 Å². The number of unbranched alkanes of at least 4 members (excludes halogenated alkanes) is 5. The van der Waals surface area contributed by atoms with Crippen molar-refractivity contribution in [2.45, 2.75) is 103 Å². The van der Waals surface area contributed by atoms with Crippen LogP contribution < -0.4 is 0 Å². The molecule has 0 bridgehead atoms. The number of rotatable bonds is 10. The zero-order valence-corrected chi connectivity index (χ0v) is 20.8. The topological polar surface area (TPSA) is 23.8 Å². The van der Waals surface area contributed by atoms with Gasteiger partial charge >= 0.3 is 0 Å². The normalized spacial score (nSPS) is 17.7. The zero-order chi connectivity index (χ0) is 23.3. The molecule has 3 rings (SSSR count). The van der Waals surface area contributed by atoms with Crippen molar-refractivity contribution in [2.24, 2.45) is 5.92 Å². The van der Waals surface area contributed by atoms with E-state index in [-0.39, 0.29) is 0 Å². The third kappa shape index (κ3) is 8.09. The summed E-state index contributed by atoms with van der Waals surface area (Å²) in [6.07, 6.45) is 16.0. The first-order valence-electron chi connectivity index (χ1n) is 13.4. The van der Waals surface area contributed by atoms with Gasteiger partial charge in [0, 0.05) is 11.5 Å². The molecule has 0 atom stereocenters. The highest BCUT2D eigenvalue weighted by atomic mass is 14.3. The Hall–Kier alpha value is -2.51. The predicted octanol–water partition coefficient (Wildman–Crippen LogP) is 8.74. The first-order valence-corrected chi connectivity index (χ1v) is 13.4. The van der Waals surface area contributed by atoms with Crippen molar-refractivity contribution in [2.75, 3.05) is 0 Å². The summed E-state index contributed by atoms with van der Waals surface area (Å²) in [5.74, 6) is 7.98. The highest BCUT2D eigenvalue weighted by Gasteiger charge is 2.21. The molecule has 1 heteroatoms. The molecule has 0 spiro atoms. The van der Waals surface area contributed by atoms with Gasteiger partial charge in [0.25, 0.3) is 0 Å². The van der Waals surface area contributed by atoms with Gasteiger partial charge in [-0.2, -0.15) is 5.26 Å². The molecule has 0 unspecified atom stereocenters. The molecule has 0 aromatic heterocycles. The van der Waals surface area contributed by atoms with Crippen molar-refractivity contribution in [3.05, 3.63) is 70.3 Å². The minimum atomic E-state index is 0.454. The molecule has 0 radical (unpaired) electrons. The average molecular weight is 440 g/mol. The molecule has 0 amide bonds. The predicted molar refractivity (Wildman–Crippen MR) is 140 cm³/mol. The molecule has 0 saturated heterocycles. The highest BCUT2D eigenvalue weighted by molar-refractivity contribution is 5.50. The van der Waals surface area contributed by atoms with Crippen LogP contribution in [-0.2, 0) is 12.8 Å². The quantitative estimate of drug-likeness (QED) is 0.268. The lowest BCUT2D eigenvalue weighted by molar-refractivity contribution is 0.384. The van der Waals surface area contributed by atoms with Crippen molar-refractivity contribution in [1.29, 1.82) is 5.26 Å². The van der Waals surface area contributed by atoms with Gasteiger partial charge in [-0.25, -0.2) is 0 Å². The van der Waals surface area contributed by atoms with Crippen LogP contribution in [0.2, 0.25) is 0 Å². The Labute approximate surface area is 202 Å². The fraction of sp³-hybridized carbons (Fsp3) is 0.531. The molecular formula is C32H41N. The SMILES string of the molecule is CCCCCCCc1ccc(C#CC2CCC(c3ccc(CCCC)cc3)CC2)c(C#N)c1. The molecule has 0 aliphatic heterocycles. The number of hydrogen-bond donors (Lipinski definition) is 0. The van der Waals surface area contributed by atoms with Crippen molar-refractivity contribution in [3.63, 3.8) is 0 Å². The Kier molecular flexibility index (Phi) is 10.6. The molecule has 1 fully saturated rings. The molecule has 1 nitrogen and oxygen atoms in total. The minimum Gasteiger partial charge on any atom is -0.192 e. The van der Waals surface area contributed by atoms with E-state index in [0.29, 0.717) is 11.8 Å². The number of aryl methyl sites for hydroxylation is 2. The Morgan fingerprint density at radius 2 is 1.39 bits per heavy atom. The zero-order valence-electron chi connectivity index (χ0n) is 20.8. The maximum absolute atomic E-state index is 9.63. The summed E-state index contributed by atoms with van der Waals surface area (Å²) < 4.78 is 0. The molecular weight excluding hydrogens is 398 g/mol. The second-order valence-corrected chi connectivity index (χ2v) is 9.82. The highest BCUT2D eigenvalue weighted by Crippen LogP contribution is 2.35. The van der Waals surface area contributed by atoms with Crippen LogP contribution in [0.15, 0.2) is 42.5 Å². The largest absolute Gasteiger partial charge is 0.192 e. The molecule has 0 heterocycles. The van der Waals surface area contributed by atoms with E-state index in [0.717, 1.165) is 30.4 Å². The summed E-state index contributed by atoms with van der Waals surface area (Å²) in [7, 11) is 0. The van der Waals surface area contributed by atoms with Crippen LogP contribution in [-0.4, -0.2) is 0 Å². The minimum absolute atomic E-state index is 0.454. The number of nitrogens with zero attached hydrogens (tertiary/aromatic N) is 1. The van der Waals surface area contributed by atoms with Crippen LogP contribution in [0.25, 0.3) is 0 Å². The van der Waals surface area contributed by atoms with Crippen molar-refractivity contribution < 1.29 is 0 Å². The van der Waals surface area contributed by atoms with E-state index in [1.54, 1.807) is 0 Å². The standard InChI is InChI=1S/C32H41N/c1-3-5-7-8-9-11-28-17-23-31(32(24-28)25-33)22-16-27-14-20-30(21-15-27)29-18-12-26(13-19-29)10-6-4-2/h12-13,17-19,23-24,27,30H,3-11,14-15,20-21H2,1-2H3. The molecule has 1 aliphatic rings. The monoisotopic (exact) mass is 439 g/mol. The number of nitriles is 1. The van der Waals surface area contributed by atoms with Crippen LogP contribution in [0.3, 0.4) is 0 Å². The number of benzene rings is 2. The third-order valence-corrected chi connectivity index (χ3v) is 7.18. The molecule has 0 N–H and O–H groups in total. The second kappa shape index (κ2) is 13.9. The van der Waals surface area contributed by atoms with Crippen molar-refractivity contribution >= 4 is 0 Å². The fourth-order valence-corrected chi connectivity index (χ4v) is 4.97. The maximum atomic E-state index is 9.63. The first kappa shape index (κ1) is 25.1. The Bertz CT molecular complexity index is 943. The van der Waals surface area contributed by atoms with Crippen molar-refractivity contribution in [3.8, 4) is 17.9 Å². The van der Waals surface area contributed by atoms with Gasteiger partial charge in [0.2, 0.25) is 0 Å². The van der Waals surface area contributed by atoms with Crippen LogP contribution in [0, 0.1) is 29.1 Å². The summed E-state index contributed by atoms with van der Waals surface area (Å²) in [6, 6.07) is 18.0.